The molecule has 0 heterocycles. The minimum atomic E-state index is -4.23. The van der Waals surface area contributed by atoms with Crippen LogP contribution in [0.25, 0.3) is 0 Å². The topological polar surface area (TPSA) is 0 Å². The number of alkyl halides is 3. The number of benzene rings is 1. The third kappa shape index (κ3) is 4.05. The average molecular weight is 222 g/mol. The van der Waals surface area contributed by atoms with E-state index >= 15 is 0 Å². The highest BCUT2D eigenvalue weighted by molar-refractivity contribution is 7.98. The first-order chi connectivity index (χ1) is 6.54. The van der Waals surface area contributed by atoms with Crippen LogP contribution in [-0.4, -0.2) is 6.26 Å². The summed E-state index contributed by atoms with van der Waals surface area (Å²) in [4.78, 5) is 0.629. The van der Waals surface area contributed by atoms with Gasteiger partial charge in [-0.3, -0.25) is 0 Å². The summed E-state index contributed by atoms with van der Waals surface area (Å²) in [5.74, 6) is 0. The van der Waals surface area contributed by atoms with E-state index in [1.165, 1.54) is 17.8 Å². The van der Waals surface area contributed by atoms with Crippen molar-refractivity contribution in [1.82, 2.24) is 0 Å². The molecule has 0 radical (unpaired) electrons. The monoisotopic (exact) mass is 222 g/mol. The Balaban J connectivity index is 0.000000791. The molecule has 0 amide bonds. The molecule has 80 valence electrons. The Morgan fingerprint density at radius 3 is 2.14 bits per heavy atom. The van der Waals surface area contributed by atoms with Gasteiger partial charge in [0.2, 0.25) is 0 Å². The zero-order valence-corrected chi connectivity index (χ0v) is 9.17. The van der Waals surface area contributed by atoms with Crippen LogP contribution in [0.2, 0.25) is 0 Å². The van der Waals surface area contributed by atoms with E-state index in [1.54, 1.807) is 12.3 Å². The summed E-state index contributed by atoms with van der Waals surface area (Å²) < 4.78 is 36.3. The van der Waals surface area contributed by atoms with E-state index < -0.39 is 11.7 Å². The second-order valence-electron chi connectivity index (χ2n) is 2.23. The van der Waals surface area contributed by atoms with Gasteiger partial charge in [0.25, 0.3) is 0 Å². The van der Waals surface area contributed by atoms with E-state index in [4.69, 9.17) is 0 Å². The molecule has 1 rings (SSSR count). The van der Waals surface area contributed by atoms with Crippen molar-refractivity contribution in [1.29, 1.82) is 0 Å². The van der Waals surface area contributed by atoms with Gasteiger partial charge in [-0.15, -0.1) is 11.8 Å². The first-order valence-corrected chi connectivity index (χ1v) is 5.48. The van der Waals surface area contributed by atoms with E-state index in [1.807, 2.05) is 13.8 Å². The van der Waals surface area contributed by atoms with E-state index in [0.29, 0.717) is 4.90 Å². The number of thioether (sulfide) groups is 1. The fourth-order valence-corrected chi connectivity index (χ4v) is 1.26. The first-order valence-electron chi connectivity index (χ1n) is 4.25. The molecule has 1 aromatic rings. The van der Waals surface area contributed by atoms with Gasteiger partial charge in [-0.1, -0.05) is 19.9 Å². The highest BCUT2D eigenvalue weighted by Gasteiger charge is 2.30. The van der Waals surface area contributed by atoms with Crippen molar-refractivity contribution < 1.29 is 13.2 Å². The Morgan fingerprint density at radius 2 is 1.71 bits per heavy atom. The van der Waals surface area contributed by atoms with Crippen LogP contribution in [0, 0.1) is 0 Å². The van der Waals surface area contributed by atoms with E-state index in [0.717, 1.165) is 12.1 Å². The maximum Gasteiger partial charge on any atom is 0.416 e. The molecule has 0 saturated heterocycles. The lowest BCUT2D eigenvalue weighted by atomic mass is 10.2. The molecule has 14 heavy (non-hydrogen) atoms. The third-order valence-corrected chi connectivity index (χ3v) is 2.12. The van der Waals surface area contributed by atoms with E-state index in [9.17, 15) is 13.2 Å². The van der Waals surface area contributed by atoms with Crippen LogP contribution in [0.4, 0.5) is 13.2 Å². The van der Waals surface area contributed by atoms with Gasteiger partial charge in [0.1, 0.15) is 0 Å². The van der Waals surface area contributed by atoms with Gasteiger partial charge in [0.15, 0.2) is 0 Å². The van der Waals surface area contributed by atoms with Crippen LogP contribution in [0.5, 0.6) is 0 Å². The maximum atomic E-state index is 12.1. The molecule has 0 spiro atoms. The Kier molecular flexibility index (Phi) is 5.69. The number of hydrogen-bond acceptors (Lipinski definition) is 1. The fraction of sp³-hybridized carbons (Fsp3) is 0.400. The Bertz CT molecular complexity index is 268. The molecule has 0 bridgehead atoms. The van der Waals surface area contributed by atoms with Crippen LogP contribution >= 0.6 is 11.8 Å². The lowest BCUT2D eigenvalue weighted by Crippen LogP contribution is -2.04. The first kappa shape index (κ1) is 13.4. The molecule has 0 aliphatic rings. The molecule has 0 atom stereocenters. The van der Waals surface area contributed by atoms with Crippen molar-refractivity contribution in [2.24, 2.45) is 0 Å². The maximum absolute atomic E-state index is 12.1. The SMILES string of the molecule is CC.CSc1cccc(C(F)(F)F)c1. The van der Waals surface area contributed by atoms with Crippen LogP contribution in [0.15, 0.2) is 29.2 Å². The van der Waals surface area contributed by atoms with Crippen LogP contribution in [0.1, 0.15) is 19.4 Å². The van der Waals surface area contributed by atoms with Crippen molar-refractivity contribution in [2.75, 3.05) is 6.26 Å². The third-order valence-electron chi connectivity index (χ3n) is 1.40. The summed E-state index contributed by atoms with van der Waals surface area (Å²) in [6.07, 6.45) is -2.48. The molecular weight excluding hydrogens is 209 g/mol. The molecule has 0 N–H and O–H groups in total. The minimum absolute atomic E-state index is 0.589. The summed E-state index contributed by atoms with van der Waals surface area (Å²) in [6, 6.07) is 5.28. The predicted octanol–water partition coefficient (Wildman–Crippen LogP) is 4.45. The number of hydrogen-bond donors (Lipinski definition) is 0. The average Bonchev–Trinajstić information content (AvgIpc) is 2.20. The Morgan fingerprint density at radius 1 is 1.14 bits per heavy atom. The quantitative estimate of drug-likeness (QED) is 0.632. The second-order valence-corrected chi connectivity index (χ2v) is 3.11. The molecule has 0 aliphatic heterocycles. The van der Waals surface area contributed by atoms with Gasteiger partial charge in [-0.25, -0.2) is 0 Å². The summed E-state index contributed by atoms with van der Waals surface area (Å²) >= 11 is 1.30. The second kappa shape index (κ2) is 5.96. The molecule has 0 fully saturated rings. The summed E-state index contributed by atoms with van der Waals surface area (Å²) in [6.45, 7) is 4.00. The zero-order valence-electron chi connectivity index (χ0n) is 8.35. The lowest BCUT2D eigenvalue weighted by molar-refractivity contribution is -0.137. The molecule has 1 aromatic carbocycles. The highest BCUT2D eigenvalue weighted by Crippen LogP contribution is 2.31. The van der Waals surface area contributed by atoms with Gasteiger partial charge in [-0.2, -0.15) is 13.2 Å². The normalized spacial score (nSPS) is 10.4. The van der Waals surface area contributed by atoms with Crippen molar-refractivity contribution in [3.63, 3.8) is 0 Å². The Hall–Kier alpha value is -0.640. The van der Waals surface area contributed by atoms with Crippen LogP contribution < -0.4 is 0 Å². The predicted molar refractivity (Wildman–Crippen MR) is 54.6 cm³/mol. The van der Waals surface area contributed by atoms with Gasteiger partial charge in [0.05, 0.1) is 5.56 Å². The number of halogens is 3. The summed E-state index contributed by atoms with van der Waals surface area (Å²) in [5, 5.41) is 0. The van der Waals surface area contributed by atoms with E-state index in [-0.39, 0.29) is 0 Å². The molecule has 0 saturated carbocycles. The molecule has 0 unspecified atom stereocenters. The van der Waals surface area contributed by atoms with Crippen molar-refractivity contribution in [3.8, 4) is 0 Å². The minimum Gasteiger partial charge on any atom is -0.166 e. The van der Waals surface area contributed by atoms with Gasteiger partial charge in [0, 0.05) is 4.90 Å². The highest BCUT2D eigenvalue weighted by atomic mass is 32.2. The molecule has 0 nitrogen and oxygen atoms in total. The lowest BCUT2D eigenvalue weighted by Gasteiger charge is -2.06. The van der Waals surface area contributed by atoms with Crippen molar-refractivity contribution in [2.45, 2.75) is 24.9 Å². The van der Waals surface area contributed by atoms with Gasteiger partial charge < -0.3 is 0 Å². The smallest absolute Gasteiger partial charge is 0.166 e. The van der Waals surface area contributed by atoms with E-state index in [2.05, 4.69) is 0 Å². The molecule has 0 aromatic heterocycles. The standard InChI is InChI=1S/C8H7F3S.C2H6/c1-12-7-4-2-3-6(5-7)8(9,10)11;1-2/h2-5H,1H3;1-2H3. The van der Waals surface area contributed by atoms with Gasteiger partial charge >= 0.3 is 6.18 Å². The van der Waals surface area contributed by atoms with Crippen LogP contribution in [-0.2, 0) is 6.18 Å². The summed E-state index contributed by atoms with van der Waals surface area (Å²) in [7, 11) is 0. The Labute approximate surface area is 86.5 Å². The summed E-state index contributed by atoms with van der Waals surface area (Å²) in [5.41, 5.74) is -0.589. The number of rotatable bonds is 1. The molecular formula is C10H13F3S. The zero-order chi connectivity index (χ0) is 11.2. The molecule has 0 aliphatic carbocycles. The molecule has 4 heteroatoms. The van der Waals surface area contributed by atoms with Crippen molar-refractivity contribution >= 4 is 11.8 Å². The van der Waals surface area contributed by atoms with Gasteiger partial charge in [-0.05, 0) is 24.5 Å². The van der Waals surface area contributed by atoms with Crippen molar-refractivity contribution in [3.05, 3.63) is 29.8 Å². The largest absolute Gasteiger partial charge is 0.416 e. The fourth-order valence-electron chi connectivity index (χ4n) is 0.799. The van der Waals surface area contributed by atoms with Crippen LogP contribution in [0.3, 0.4) is 0 Å².